The van der Waals surface area contributed by atoms with Crippen molar-refractivity contribution in [2.45, 2.75) is 45.8 Å². The minimum Gasteiger partial charge on any atom is -0.496 e. The summed E-state index contributed by atoms with van der Waals surface area (Å²) in [4.78, 5) is 38.8. The number of nitrogens with zero attached hydrogens (tertiary/aromatic N) is 1. The van der Waals surface area contributed by atoms with Gasteiger partial charge in [0.15, 0.2) is 0 Å². The number of para-hydroxylation sites is 1. The van der Waals surface area contributed by atoms with Crippen molar-refractivity contribution in [1.82, 2.24) is 15.2 Å². The summed E-state index contributed by atoms with van der Waals surface area (Å²) < 4.78 is 12.6. The van der Waals surface area contributed by atoms with Gasteiger partial charge in [-0.05, 0) is 31.2 Å². The highest BCUT2D eigenvalue weighted by molar-refractivity contribution is 5.99. The molecule has 8 heteroatoms. The van der Waals surface area contributed by atoms with E-state index in [1.807, 2.05) is 24.3 Å². The number of methoxy groups -OCH3 is 1. The molecule has 2 amide bonds. The molecule has 2 N–H and O–H groups in total. The van der Waals surface area contributed by atoms with E-state index in [1.54, 1.807) is 11.7 Å². The van der Waals surface area contributed by atoms with Crippen LogP contribution in [0.25, 0.3) is 0 Å². The number of hydrogen-bond donors (Lipinski definition) is 2. The van der Waals surface area contributed by atoms with Crippen LogP contribution in [0.2, 0.25) is 0 Å². The van der Waals surface area contributed by atoms with E-state index in [-0.39, 0.29) is 17.2 Å². The molecule has 1 aliphatic heterocycles. The molecular weight excluding hydrogens is 422 g/mol. The second kappa shape index (κ2) is 11.7. The van der Waals surface area contributed by atoms with Gasteiger partial charge in [0.05, 0.1) is 19.8 Å². The maximum atomic E-state index is 13.1. The topological polar surface area (TPSA) is 98.7 Å². The smallest absolute Gasteiger partial charge is 0.256 e. The molecule has 2 heterocycles. The summed E-state index contributed by atoms with van der Waals surface area (Å²) in [6, 6.07) is 7.49. The Balaban J connectivity index is 1.89. The first-order chi connectivity index (χ1) is 15.9. The molecule has 0 aliphatic carbocycles. The molecule has 0 radical (unpaired) electrons. The van der Waals surface area contributed by atoms with E-state index in [0.717, 1.165) is 24.8 Å². The Bertz CT molecular complexity index is 1020. The third-order valence-electron chi connectivity index (χ3n) is 5.64. The normalized spacial score (nSPS) is 15.5. The Morgan fingerprint density at radius 2 is 1.85 bits per heavy atom. The van der Waals surface area contributed by atoms with Crippen molar-refractivity contribution in [3.63, 3.8) is 0 Å². The van der Waals surface area contributed by atoms with Gasteiger partial charge in [0, 0.05) is 37.7 Å². The molecule has 178 valence electrons. The number of carbonyl (C=O) groups is 2. The molecule has 33 heavy (non-hydrogen) atoms. The lowest BCUT2D eigenvalue weighted by Crippen LogP contribution is -2.38. The number of hydrogen-bond acceptors (Lipinski definition) is 5. The van der Waals surface area contributed by atoms with Crippen LogP contribution in [0.1, 0.15) is 59.4 Å². The Labute approximate surface area is 194 Å². The van der Waals surface area contributed by atoms with Crippen molar-refractivity contribution in [1.29, 1.82) is 0 Å². The molecule has 0 unspecified atom stereocenters. The zero-order valence-corrected chi connectivity index (χ0v) is 19.6. The Morgan fingerprint density at radius 1 is 1.15 bits per heavy atom. The van der Waals surface area contributed by atoms with Crippen molar-refractivity contribution in [2.75, 3.05) is 26.8 Å². The van der Waals surface area contributed by atoms with Gasteiger partial charge in [-0.3, -0.25) is 14.4 Å². The molecule has 1 fully saturated rings. The molecule has 1 aromatic heterocycles. The number of carbonyl (C=O) groups excluding carboxylic acids is 2. The first-order valence-corrected chi connectivity index (χ1v) is 11.4. The SMILES string of the molecule is COc1ccccc1Cn1cc(C(=O)NCCC(C)C)c(=O)c(C(=O)NC[C@H]2CCCO2)c1. The molecule has 0 saturated carbocycles. The average molecular weight is 456 g/mol. The van der Waals surface area contributed by atoms with Gasteiger partial charge in [0.1, 0.15) is 16.9 Å². The largest absolute Gasteiger partial charge is 0.496 e. The number of pyridine rings is 1. The van der Waals surface area contributed by atoms with Gasteiger partial charge in [-0.1, -0.05) is 32.0 Å². The Kier molecular flexibility index (Phi) is 8.65. The Morgan fingerprint density at radius 3 is 2.48 bits per heavy atom. The fourth-order valence-electron chi connectivity index (χ4n) is 3.75. The van der Waals surface area contributed by atoms with Gasteiger partial charge in [-0.25, -0.2) is 0 Å². The molecule has 1 aliphatic rings. The van der Waals surface area contributed by atoms with Gasteiger partial charge in [0.25, 0.3) is 11.8 Å². The van der Waals surface area contributed by atoms with Crippen LogP contribution in [0.15, 0.2) is 41.5 Å². The Hall–Kier alpha value is -3.13. The predicted molar refractivity (Wildman–Crippen MR) is 126 cm³/mol. The van der Waals surface area contributed by atoms with Crippen molar-refractivity contribution in [2.24, 2.45) is 5.92 Å². The summed E-state index contributed by atoms with van der Waals surface area (Å²) in [6.07, 6.45) is 5.56. The third kappa shape index (κ3) is 6.68. The molecule has 2 aromatic rings. The second-order valence-corrected chi connectivity index (χ2v) is 8.68. The molecule has 0 bridgehead atoms. The van der Waals surface area contributed by atoms with Gasteiger partial charge in [-0.15, -0.1) is 0 Å². The van der Waals surface area contributed by atoms with Crippen LogP contribution in [-0.2, 0) is 11.3 Å². The average Bonchev–Trinajstić information content (AvgIpc) is 3.32. The van der Waals surface area contributed by atoms with Crippen molar-refractivity contribution in [3.05, 3.63) is 63.6 Å². The predicted octanol–water partition coefficient (Wildman–Crippen LogP) is 2.59. The van der Waals surface area contributed by atoms with Crippen molar-refractivity contribution < 1.29 is 19.1 Å². The molecule has 3 rings (SSSR count). The minimum absolute atomic E-state index is 0.0488. The quantitative estimate of drug-likeness (QED) is 0.574. The fraction of sp³-hybridized carbons (Fsp3) is 0.480. The molecule has 1 aromatic carbocycles. The van der Waals surface area contributed by atoms with E-state index in [4.69, 9.17) is 9.47 Å². The molecule has 1 atom stereocenters. The number of ether oxygens (including phenoxy) is 2. The molecule has 1 saturated heterocycles. The maximum absolute atomic E-state index is 13.1. The van der Waals surface area contributed by atoms with E-state index >= 15 is 0 Å². The summed E-state index contributed by atoms with van der Waals surface area (Å²) in [5, 5.41) is 5.58. The molecule has 0 spiro atoms. The lowest BCUT2D eigenvalue weighted by Gasteiger charge is -2.15. The van der Waals surface area contributed by atoms with Crippen LogP contribution in [0.3, 0.4) is 0 Å². The first-order valence-electron chi connectivity index (χ1n) is 11.4. The monoisotopic (exact) mass is 455 g/mol. The number of amides is 2. The number of nitrogens with one attached hydrogen (secondary N) is 2. The summed E-state index contributed by atoms with van der Waals surface area (Å²) in [5.41, 5.74) is 0.150. The lowest BCUT2D eigenvalue weighted by molar-refractivity contribution is 0.0856. The summed E-state index contributed by atoms with van der Waals surface area (Å²) in [6.45, 7) is 5.92. The van der Waals surface area contributed by atoms with Crippen LogP contribution in [0, 0.1) is 5.92 Å². The molecule has 8 nitrogen and oxygen atoms in total. The minimum atomic E-state index is -0.585. The van der Waals surface area contributed by atoms with E-state index in [1.165, 1.54) is 12.4 Å². The van der Waals surface area contributed by atoms with Gasteiger partial charge in [0.2, 0.25) is 5.43 Å². The van der Waals surface area contributed by atoms with Gasteiger partial charge >= 0.3 is 0 Å². The summed E-state index contributed by atoms with van der Waals surface area (Å²) >= 11 is 0. The fourth-order valence-corrected chi connectivity index (χ4v) is 3.75. The molecular formula is C25H33N3O5. The maximum Gasteiger partial charge on any atom is 0.256 e. The number of rotatable bonds is 10. The van der Waals surface area contributed by atoms with Gasteiger partial charge < -0.3 is 24.7 Å². The second-order valence-electron chi connectivity index (χ2n) is 8.68. The van der Waals surface area contributed by atoms with Gasteiger partial charge in [-0.2, -0.15) is 0 Å². The first kappa shape index (κ1) is 24.5. The van der Waals surface area contributed by atoms with E-state index < -0.39 is 17.2 Å². The summed E-state index contributed by atoms with van der Waals surface area (Å²) in [5.74, 6) is 0.107. The van der Waals surface area contributed by atoms with Crippen molar-refractivity contribution >= 4 is 11.8 Å². The van der Waals surface area contributed by atoms with E-state index in [9.17, 15) is 14.4 Å². The standard InChI is InChI=1S/C25H33N3O5/c1-17(2)10-11-26-24(30)20-15-28(14-18-7-4-5-9-22(18)32-3)16-21(23(20)29)25(31)27-13-19-8-6-12-33-19/h4-5,7,9,15-17,19H,6,8,10-14H2,1-3H3,(H,26,30)(H,27,31)/t19-/m1/s1. The van der Waals surface area contributed by atoms with Crippen LogP contribution in [0.5, 0.6) is 5.75 Å². The zero-order chi connectivity index (χ0) is 23.8. The number of aromatic nitrogens is 1. The van der Waals surface area contributed by atoms with Crippen LogP contribution >= 0.6 is 0 Å². The highest BCUT2D eigenvalue weighted by atomic mass is 16.5. The van der Waals surface area contributed by atoms with E-state index in [0.29, 0.717) is 37.9 Å². The summed E-state index contributed by atoms with van der Waals surface area (Å²) in [7, 11) is 1.59. The van der Waals surface area contributed by atoms with Crippen LogP contribution in [-0.4, -0.2) is 49.3 Å². The van der Waals surface area contributed by atoms with Crippen molar-refractivity contribution in [3.8, 4) is 5.75 Å². The number of benzene rings is 1. The third-order valence-corrected chi connectivity index (χ3v) is 5.64. The highest BCUT2D eigenvalue weighted by Gasteiger charge is 2.22. The van der Waals surface area contributed by atoms with Crippen LogP contribution in [0.4, 0.5) is 0 Å². The highest BCUT2D eigenvalue weighted by Crippen LogP contribution is 2.19. The van der Waals surface area contributed by atoms with Crippen LogP contribution < -0.4 is 20.8 Å². The van der Waals surface area contributed by atoms with E-state index in [2.05, 4.69) is 24.5 Å². The zero-order valence-electron chi connectivity index (χ0n) is 19.6. The lowest BCUT2D eigenvalue weighted by atomic mass is 10.1.